The van der Waals surface area contributed by atoms with E-state index in [1.54, 1.807) is 44.4 Å². The Kier molecular flexibility index (Phi) is 5.64. The molecule has 1 saturated heterocycles. The quantitative estimate of drug-likeness (QED) is 0.880. The molecule has 142 valence electrons. The van der Waals surface area contributed by atoms with Crippen LogP contribution < -0.4 is 14.8 Å². The molecule has 3 rings (SSSR count). The van der Waals surface area contributed by atoms with Crippen LogP contribution >= 0.6 is 0 Å². The minimum absolute atomic E-state index is 0.0509. The van der Waals surface area contributed by atoms with Gasteiger partial charge in [-0.2, -0.15) is 0 Å². The van der Waals surface area contributed by atoms with Gasteiger partial charge >= 0.3 is 0 Å². The van der Waals surface area contributed by atoms with Crippen LogP contribution in [0.25, 0.3) is 0 Å². The van der Waals surface area contributed by atoms with Crippen molar-refractivity contribution in [2.45, 2.75) is 18.9 Å². The molecule has 27 heavy (non-hydrogen) atoms. The average molecular weight is 368 g/mol. The Labute approximate surface area is 159 Å². The second kappa shape index (κ2) is 8.12. The molecule has 1 aliphatic heterocycles. The fraction of sp³-hybridized carbons (Fsp3) is 0.333. The summed E-state index contributed by atoms with van der Waals surface area (Å²) < 4.78 is 10.6. The Morgan fingerprint density at radius 1 is 1.11 bits per heavy atom. The molecule has 2 amide bonds. The van der Waals surface area contributed by atoms with Crippen LogP contribution in [0.5, 0.6) is 11.5 Å². The average Bonchev–Trinajstić information content (AvgIpc) is 2.70. The number of benzene rings is 2. The van der Waals surface area contributed by atoms with Crippen LogP contribution in [0.15, 0.2) is 48.5 Å². The lowest BCUT2D eigenvalue weighted by Crippen LogP contribution is -2.44. The minimum Gasteiger partial charge on any atom is -0.497 e. The number of carbonyl (C=O) groups is 2. The molecule has 2 unspecified atom stereocenters. The van der Waals surface area contributed by atoms with Crippen molar-refractivity contribution in [3.63, 3.8) is 0 Å². The zero-order valence-corrected chi connectivity index (χ0v) is 15.8. The van der Waals surface area contributed by atoms with Gasteiger partial charge in [0.25, 0.3) is 0 Å². The SMILES string of the molecule is COc1ccc(NC(=O)C2CCC(=O)N(C)C2c2ccccc2)c(OC)c1. The molecule has 0 saturated carbocycles. The van der Waals surface area contributed by atoms with E-state index in [2.05, 4.69) is 5.32 Å². The van der Waals surface area contributed by atoms with E-state index in [4.69, 9.17) is 9.47 Å². The van der Waals surface area contributed by atoms with E-state index < -0.39 is 0 Å². The van der Waals surface area contributed by atoms with Crippen molar-refractivity contribution in [3.05, 3.63) is 54.1 Å². The summed E-state index contributed by atoms with van der Waals surface area (Å²) in [6.45, 7) is 0. The summed E-state index contributed by atoms with van der Waals surface area (Å²) >= 11 is 0. The summed E-state index contributed by atoms with van der Waals surface area (Å²) in [6, 6.07) is 14.6. The van der Waals surface area contributed by atoms with E-state index in [1.165, 1.54) is 0 Å². The highest BCUT2D eigenvalue weighted by Crippen LogP contribution is 2.37. The van der Waals surface area contributed by atoms with E-state index in [-0.39, 0.29) is 23.8 Å². The number of carbonyl (C=O) groups excluding carboxylic acids is 2. The van der Waals surface area contributed by atoms with Crippen LogP contribution in [0.4, 0.5) is 5.69 Å². The van der Waals surface area contributed by atoms with Crippen molar-refractivity contribution in [2.24, 2.45) is 5.92 Å². The maximum atomic E-state index is 13.1. The van der Waals surface area contributed by atoms with E-state index >= 15 is 0 Å². The van der Waals surface area contributed by atoms with Crippen molar-refractivity contribution in [1.82, 2.24) is 4.90 Å². The molecule has 0 bridgehead atoms. The zero-order valence-electron chi connectivity index (χ0n) is 15.8. The van der Waals surface area contributed by atoms with Gasteiger partial charge in [0.2, 0.25) is 11.8 Å². The second-order valence-electron chi connectivity index (χ2n) is 6.56. The first-order valence-corrected chi connectivity index (χ1v) is 8.88. The molecule has 0 radical (unpaired) electrons. The highest BCUT2D eigenvalue weighted by atomic mass is 16.5. The zero-order chi connectivity index (χ0) is 19.4. The molecule has 6 heteroatoms. The van der Waals surface area contributed by atoms with Crippen molar-refractivity contribution >= 4 is 17.5 Å². The third-order valence-electron chi connectivity index (χ3n) is 5.01. The Hall–Kier alpha value is -3.02. The molecular formula is C21H24N2O4. The van der Waals surface area contributed by atoms with Gasteiger partial charge in [0.05, 0.1) is 31.9 Å². The van der Waals surface area contributed by atoms with Crippen LogP contribution in [0.3, 0.4) is 0 Å². The summed E-state index contributed by atoms with van der Waals surface area (Å²) in [5.41, 5.74) is 1.53. The van der Waals surface area contributed by atoms with Crippen LogP contribution in [0, 0.1) is 5.92 Å². The van der Waals surface area contributed by atoms with Gasteiger partial charge in [-0.05, 0) is 24.1 Å². The number of amides is 2. The third-order valence-corrected chi connectivity index (χ3v) is 5.01. The Balaban J connectivity index is 1.87. The summed E-state index contributed by atoms with van der Waals surface area (Å²) in [5.74, 6) is 0.748. The van der Waals surface area contributed by atoms with Crippen LogP contribution in [-0.4, -0.2) is 38.0 Å². The predicted molar refractivity (Wildman–Crippen MR) is 103 cm³/mol. The standard InChI is InChI=1S/C21H24N2O4/c1-23-19(24)12-10-16(20(23)14-7-5-4-6-8-14)21(25)22-17-11-9-15(26-2)13-18(17)27-3/h4-9,11,13,16,20H,10,12H2,1-3H3,(H,22,25). The van der Waals surface area contributed by atoms with Gasteiger partial charge in [0, 0.05) is 19.5 Å². The number of hydrogen-bond donors (Lipinski definition) is 1. The molecule has 0 aliphatic carbocycles. The van der Waals surface area contributed by atoms with E-state index in [9.17, 15) is 9.59 Å². The summed E-state index contributed by atoms with van der Waals surface area (Å²) in [4.78, 5) is 27.0. The summed E-state index contributed by atoms with van der Waals surface area (Å²) in [7, 11) is 4.88. The molecule has 0 aromatic heterocycles. The number of rotatable bonds is 5. The van der Waals surface area contributed by atoms with Crippen LogP contribution in [-0.2, 0) is 9.59 Å². The topological polar surface area (TPSA) is 67.9 Å². The Morgan fingerprint density at radius 3 is 2.52 bits per heavy atom. The van der Waals surface area contributed by atoms with Gasteiger partial charge in [-0.25, -0.2) is 0 Å². The molecule has 2 atom stereocenters. The summed E-state index contributed by atoms with van der Waals surface area (Å²) in [5, 5.41) is 2.96. The number of ether oxygens (including phenoxy) is 2. The molecule has 0 spiro atoms. The smallest absolute Gasteiger partial charge is 0.230 e. The number of anilines is 1. The number of nitrogens with one attached hydrogen (secondary N) is 1. The normalized spacial score (nSPS) is 19.5. The molecule has 1 fully saturated rings. The van der Waals surface area contributed by atoms with Gasteiger partial charge in [0.1, 0.15) is 11.5 Å². The fourth-order valence-electron chi connectivity index (χ4n) is 3.55. The van der Waals surface area contributed by atoms with Gasteiger partial charge in [-0.15, -0.1) is 0 Å². The number of likely N-dealkylation sites (tertiary alicyclic amines) is 1. The molecule has 2 aromatic rings. The molecule has 2 aromatic carbocycles. The largest absolute Gasteiger partial charge is 0.497 e. The minimum atomic E-state index is -0.345. The Morgan fingerprint density at radius 2 is 1.85 bits per heavy atom. The Bertz CT molecular complexity index is 822. The van der Waals surface area contributed by atoms with Gasteiger partial charge < -0.3 is 19.7 Å². The van der Waals surface area contributed by atoms with Gasteiger partial charge in [-0.1, -0.05) is 30.3 Å². The van der Waals surface area contributed by atoms with Gasteiger partial charge in [-0.3, -0.25) is 9.59 Å². The highest BCUT2D eigenvalue weighted by Gasteiger charge is 2.39. The number of nitrogens with zero attached hydrogens (tertiary/aromatic N) is 1. The monoisotopic (exact) mass is 368 g/mol. The van der Waals surface area contributed by atoms with Crippen molar-refractivity contribution in [3.8, 4) is 11.5 Å². The van der Waals surface area contributed by atoms with E-state index in [0.717, 1.165) is 5.56 Å². The first-order valence-electron chi connectivity index (χ1n) is 8.88. The molecule has 1 heterocycles. The van der Waals surface area contributed by atoms with Gasteiger partial charge in [0.15, 0.2) is 0 Å². The first-order chi connectivity index (χ1) is 13.0. The lowest BCUT2D eigenvalue weighted by molar-refractivity contribution is -0.140. The number of methoxy groups -OCH3 is 2. The fourth-order valence-corrected chi connectivity index (χ4v) is 3.55. The first kappa shape index (κ1) is 18.8. The van der Waals surface area contributed by atoms with E-state index in [1.807, 2.05) is 30.3 Å². The lowest BCUT2D eigenvalue weighted by atomic mass is 9.84. The lowest BCUT2D eigenvalue weighted by Gasteiger charge is -2.38. The predicted octanol–water partition coefficient (Wildman–Crippen LogP) is 3.25. The van der Waals surface area contributed by atoms with Crippen molar-refractivity contribution < 1.29 is 19.1 Å². The maximum absolute atomic E-state index is 13.1. The molecule has 6 nitrogen and oxygen atoms in total. The van der Waals surface area contributed by atoms with Crippen LogP contribution in [0.1, 0.15) is 24.4 Å². The number of piperidine rings is 1. The second-order valence-corrected chi connectivity index (χ2v) is 6.56. The highest BCUT2D eigenvalue weighted by molar-refractivity contribution is 5.96. The summed E-state index contributed by atoms with van der Waals surface area (Å²) in [6.07, 6.45) is 0.866. The number of hydrogen-bond acceptors (Lipinski definition) is 4. The van der Waals surface area contributed by atoms with E-state index in [0.29, 0.717) is 30.0 Å². The molecule has 1 aliphatic rings. The van der Waals surface area contributed by atoms with Crippen molar-refractivity contribution in [2.75, 3.05) is 26.6 Å². The molecular weight excluding hydrogens is 344 g/mol. The molecule has 1 N–H and O–H groups in total. The van der Waals surface area contributed by atoms with Crippen molar-refractivity contribution in [1.29, 1.82) is 0 Å². The maximum Gasteiger partial charge on any atom is 0.230 e. The third kappa shape index (κ3) is 3.89. The van der Waals surface area contributed by atoms with Crippen LogP contribution in [0.2, 0.25) is 0 Å².